The Morgan fingerprint density at radius 3 is 2.57 bits per heavy atom. The summed E-state index contributed by atoms with van der Waals surface area (Å²) in [5.74, 6) is 2.72. The van der Waals surface area contributed by atoms with Gasteiger partial charge in [-0.3, -0.25) is 10.1 Å². The molecule has 1 amide bonds. The molecule has 0 saturated heterocycles. The molecule has 2 atom stereocenters. The fourth-order valence-electron chi connectivity index (χ4n) is 6.75. The zero-order valence-electron chi connectivity index (χ0n) is 17.3. The van der Waals surface area contributed by atoms with Crippen molar-refractivity contribution in [3.8, 4) is 0 Å². The third kappa shape index (κ3) is 3.72. The van der Waals surface area contributed by atoms with Crippen molar-refractivity contribution in [3.63, 3.8) is 0 Å². The number of allylic oxidation sites excluding steroid dienone is 1. The molecule has 1 aromatic carbocycles. The minimum absolute atomic E-state index is 0.00549. The third-order valence-corrected chi connectivity index (χ3v) is 8.41. The maximum atomic E-state index is 13.7. The number of halogens is 2. The molecule has 5 aliphatic carbocycles. The number of rotatable bonds is 5. The van der Waals surface area contributed by atoms with Crippen molar-refractivity contribution in [2.45, 2.75) is 69.2 Å². The number of nitrogens with one attached hydrogen (secondary N) is 2. The summed E-state index contributed by atoms with van der Waals surface area (Å²) in [5.41, 5.74) is 3.97. The highest BCUT2D eigenvalue weighted by atomic mass is 35.5. The molecule has 5 fully saturated rings. The fraction of sp³-hybridized carbons (Fsp3) is 0.583. The molecular weight excluding hydrogens is 417 g/mol. The Kier molecular flexibility index (Phi) is 5.45. The highest BCUT2D eigenvalue weighted by Crippen LogP contribution is 2.59. The largest absolute Gasteiger partial charge is 0.342 e. The van der Waals surface area contributed by atoms with E-state index in [1.807, 2.05) is 23.5 Å². The van der Waals surface area contributed by atoms with Gasteiger partial charge in [-0.2, -0.15) is 0 Å². The molecule has 30 heavy (non-hydrogen) atoms. The molecule has 4 N–H and O–H groups in total. The lowest BCUT2D eigenvalue weighted by molar-refractivity contribution is -0.512. The Labute approximate surface area is 188 Å². The second-order valence-electron chi connectivity index (χ2n) is 9.90. The zero-order valence-corrected chi connectivity index (χ0v) is 18.8. The number of hydrogen-bond acceptors (Lipinski definition) is 2. The second kappa shape index (κ2) is 7.96. The van der Waals surface area contributed by atoms with Crippen molar-refractivity contribution < 1.29 is 10.1 Å². The van der Waals surface area contributed by atoms with Crippen molar-refractivity contribution in [2.75, 3.05) is 0 Å². The standard InChI is InChI=1S/C24H29Cl2N3O/c25-13-17-9-18(26)5-6-21(17)28-22(19-3-1-2-4-20(19)27)23(30)29-24-10-14-7-15(11-24)16(8-14)12-24/h5-6,9,14-16,27-28H,1-4,7-8,10-13H2,(H,29,30)/p+1. The topological polar surface area (TPSA) is 69.6 Å². The quantitative estimate of drug-likeness (QED) is 0.338. The van der Waals surface area contributed by atoms with E-state index in [0.717, 1.165) is 79.5 Å². The SMILES string of the molecule is N=C1CCCCC1=C([NH2+]c1ccc(Cl)cc1CCl)C(=O)NC12CC3CC(C1)C(C3)C2. The van der Waals surface area contributed by atoms with E-state index >= 15 is 0 Å². The molecule has 0 aliphatic heterocycles. The molecule has 4 nitrogen and oxygen atoms in total. The third-order valence-electron chi connectivity index (χ3n) is 7.89. The van der Waals surface area contributed by atoms with Crippen molar-refractivity contribution in [2.24, 2.45) is 17.8 Å². The minimum atomic E-state index is -0.0284. The molecule has 5 aliphatic rings. The van der Waals surface area contributed by atoms with Crippen LogP contribution in [0.15, 0.2) is 29.5 Å². The number of hydrogen-bond donors (Lipinski definition) is 3. The van der Waals surface area contributed by atoms with Gasteiger partial charge in [-0.15, -0.1) is 11.6 Å². The van der Waals surface area contributed by atoms with Gasteiger partial charge in [0.05, 0.1) is 5.88 Å². The summed E-state index contributed by atoms with van der Waals surface area (Å²) in [6.45, 7) is 0. The molecule has 4 bridgehead atoms. The van der Waals surface area contributed by atoms with Gasteiger partial charge in [-0.25, -0.2) is 0 Å². The second-order valence-corrected chi connectivity index (χ2v) is 10.6. The molecule has 1 aromatic rings. The van der Waals surface area contributed by atoms with Crippen LogP contribution in [0, 0.1) is 23.2 Å². The maximum Gasteiger partial charge on any atom is 0.306 e. The van der Waals surface area contributed by atoms with E-state index in [1.54, 1.807) is 0 Å². The van der Waals surface area contributed by atoms with E-state index in [-0.39, 0.29) is 11.4 Å². The summed E-state index contributed by atoms with van der Waals surface area (Å²) >= 11 is 12.3. The first kappa shape index (κ1) is 20.5. The Bertz CT molecular complexity index is 906. The van der Waals surface area contributed by atoms with Crippen LogP contribution in [0.3, 0.4) is 0 Å². The van der Waals surface area contributed by atoms with E-state index in [4.69, 9.17) is 28.6 Å². The highest BCUT2D eigenvalue weighted by Gasteiger charge is 2.56. The number of carbonyl (C=O) groups is 1. The molecule has 6 rings (SSSR count). The average Bonchev–Trinajstić information content (AvgIpc) is 3.13. The average molecular weight is 447 g/mol. The van der Waals surface area contributed by atoms with Crippen LogP contribution in [0.5, 0.6) is 0 Å². The molecular formula is C24H30Cl2N3O+. The highest BCUT2D eigenvalue weighted by molar-refractivity contribution is 6.30. The van der Waals surface area contributed by atoms with Crippen LogP contribution in [0.2, 0.25) is 5.02 Å². The Hall–Kier alpha value is -1.36. The summed E-state index contributed by atoms with van der Waals surface area (Å²) in [4.78, 5) is 13.7. The molecule has 0 radical (unpaired) electrons. The van der Waals surface area contributed by atoms with Gasteiger partial charge in [-0.1, -0.05) is 11.6 Å². The Balaban J connectivity index is 1.45. The van der Waals surface area contributed by atoms with Crippen LogP contribution < -0.4 is 10.6 Å². The van der Waals surface area contributed by atoms with Crippen LogP contribution in [0.1, 0.15) is 63.4 Å². The number of quaternary nitrogens is 1. The minimum Gasteiger partial charge on any atom is -0.342 e. The fourth-order valence-corrected chi connectivity index (χ4v) is 7.18. The number of carbonyl (C=O) groups excluding carboxylic acids is 1. The summed E-state index contributed by atoms with van der Waals surface area (Å²) in [6, 6.07) is 5.63. The van der Waals surface area contributed by atoms with Gasteiger partial charge in [0.25, 0.3) is 0 Å². The number of amides is 1. The smallest absolute Gasteiger partial charge is 0.306 e. The lowest BCUT2D eigenvalue weighted by Crippen LogP contribution is -2.80. The summed E-state index contributed by atoms with van der Waals surface area (Å²) in [7, 11) is 0. The summed E-state index contributed by atoms with van der Waals surface area (Å²) in [6.07, 6.45) is 9.71. The zero-order chi connectivity index (χ0) is 20.9. The van der Waals surface area contributed by atoms with Crippen LogP contribution in [0.4, 0.5) is 5.69 Å². The van der Waals surface area contributed by atoms with Gasteiger partial charge in [0.2, 0.25) is 5.70 Å². The molecule has 0 spiro atoms. The van der Waals surface area contributed by atoms with E-state index < -0.39 is 0 Å². The molecule has 6 heteroatoms. The van der Waals surface area contributed by atoms with Gasteiger partial charge in [0.1, 0.15) is 5.69 Å². The van der Waals surface area contributed by atoms with Gasteiger partial charge in [0.15, 0.2) is 0 Å². The molecule has 160 valence electrons. The molecule has 0 heterocycles. The molecule has 2 unspecified atom stereocenters. The summed E-state index contributed by atoms with van der Waals surface area (Å²) in [5, 5.41) is 14.6. The Morgan fingerprint density at radius 1 is 1.17 bits per heavy atom. The predicted molar refractivity (Wildman–Crippen MR) is 120 cm³/mol. The van der Waals surface area contributed by atoms with Crippen molar-refractivity contribution in [1.29, 1.82) is 5.41 Å². The molecule has 5 saturated carbocycles. The lowest BCUT2D eigenvalue weighted by atomic mass is 9.75. The van der Waals surface area contributed by atoms with Crippen molar-refractivity contribution in [1.82, 2.24) is 5.32 Å². The first-order chi connectivity index (χ1) is 14.5. The van der Waals surface area contributed by atoms with E-state index in [1.165, 1.54) is 12.8 Å². The van der Waals surface area contributed by atoms with Crippen LogP contribution in [-0.2, 0) is 10.7 Å². The normalized spacial score (nSPS) is 33.8. The maximum absolute atomic E-state index is 13.7. The van der Waals surface area contributed by atoms with Crippen LogP contribution >= 0.6 is 23.2 Å². The molecule has 0 aromatic heterocycles. The van der Waals surface area contributed by atoms with Crippen LogP contribution in [-0.4, -0.2) is 17.2 Å². The lowest BCUT2D eigenvalue weighted by Gasteiger charge is -2.39. The van der Waals surface area contributed by atoms with Gasteiger partial charge >= 0.3 is 5.91 Å². The Morgan fingerprint density at radius 2 is 1.90 bits per heavy atom. The van der Waals surface area contributed by atoms with Crippen molar-refractivity contribution in [3.05, 3.63) is 40.1 Å². The monoisotopic (exact) mass is 446 g/mol. The summed E-state index contributed by atoms with van der Waals surface area (Å²) < 4.78 is 0. The van der Waals surface area contributed by atoms with E-state index in [2.05, 4.69) is 5.32 Å². The van der Waals surface area contributed by atoms with Gasteiger partial charge in [0, 0.05) is 33.5 Å². The van der Waals surface area contributed by atoms with Gasteiger partial charge in [-0.05, 0) is 87.7 Å². The number of nitrogens with two attached hydrogens (primary N) is 1. The predicted octanol–water partition coefficient (Wildman–Crippen LogP) is 4.82. The van der Waals surface area contributed by atoms with E-state index in [0.29, 0.717) is 22.3 Å². The first-order valence-corrected chi connectivity index (χ1v) is 12.2. The van der Waals surface area contributed by atoms with Crippen LogP contribution in [0.25, 0.3) is 0 Å². The number of benzene rings is 1. The first-order valence-electron chi connectivity index (χ1n) is 11.3. The number of alkyl halides is 1. The van der Waals surface area contributed by atoms with Gasteiger partial charge < -0.3 is 10.7 Å². The van der Waals surface area contributed by atoms with Crippen molar-refractivity contribution >= 4 is 40.5 Å². The van der Waals surface area contributed by atoms with E-state index in [9.17, 15) is 4.79 Å².